The fraction of sp³-hybridized carbons (Fsp3) is 0.867. The van der Waals surface area contributed by atoms with Gasteiger partial charge in [-0.3, -0.25) is 4.90 Å². The lowest BCUT2D eigenvalue weighted by molar-refractivity contribution is 0.0748. The van der Waals surface area contributed by atoms with E-state index in [4.69, 9.17) is 0 Å². The molecule has 3 nitrogen and oxygen atoms in total. The second-order valence-electron chi connectivity index (χ2n) is 6.08. The zero-order valence-corrected chi connectivity index (χ0v) is 11.9. The van der Waals surface area contributed by atoms with Crippen LogP contribution in [-0.4, -0.2) is 48.8 Å². The van der Waals surface area contributed by atoms with Gasteiger partial charge in [0.25, 0.3) is 0 Å². The Kier molecular flexibility index (Phi) is 5.22. The molecule has 0 aromatic rings. The summed E-state index contributed by atoms with van der Waals surface area (Å²) >= 11 is 0. The summed E-state index contributed by atoms with van der Waals surface area (Å²) in [5.74, 6) is 1.30. The van der Waals surface area contributed by atoms with Crippen molar-refractivity contribution in [2.45, 2.75) is 39.2 Å². The molecule has 2 aliphatic rings. The van der Waals surface area contributed by atoms with Crippen molar-refractivity contribution in [3.8, 4) is 0 Å². The second-order valence-corrected chi connectivity index (χ2v) is 6.08. The minimum atomic E-state index is 0.310. The van der Waals surface area contributed by atoms with Gasteiger partial charge in [-0.05, 0) is 51.1 Å². The van der Waals surface area contributed by atoms with E-state index >= 15 is 0 Å². The quantitative estimate of drug-likeness (QED) is 0.750. The van der Waals surface area contributed by atoms with Gasteiger partial charge in [0.1, 0.15) is 0 Å². The predicted molar refractivity (Wildman–Crippen MR) is 75.6 cm³/mol. The van der Waals surface area contributed by atoms with Crippen molar-refractivity contribution < 1.29 is 5.11 Å². The van der Waals surface area contributed by atoms with Gasteiger partial charge in [0.15, 0.2) is 0 Å². The van der Waals surface area contributed by atoms with Gasteiger partial charge in [-0.1, -0.05) is 18.6 Å². The van der Waals surface area contributed by atoms with E-state index in [-0.39, 0.29) is 0 Å². The second kappa shape index (κ2) is 6.69. The van der Waals surface area contributed by atoms with Crippen LogP contribution >= 0.6 is 0 Å². The van der Waals surface area contributed by atoms with Crippen LogP contribution in [0.5, 0.6) is 0 Å². The minimum absolute atomic E-state index is 0.310. The summed E-state index contributed by atoms with van der Waals surface area (Å²) in [4.78, 5) is 2.51. The van der Waals surface area contributed by atoms with Crippen molar-refractivity contribution in [2.24, 2.45) is 11.8 Å². The number of nitrogens with zero attached hydrogens (tertiary/aromatic N) is 1. The molecule has 0 aromatic carbocycles. The zero-order valence-electron chi connectivity index (χ0n) is 11.9. The summed E-state index contributed by atoms with van der Waals surface area (Å²) in [5.41, 5.74) is 1.50. The van der Waals surface area contributed by atoms with Gasteiger partial charge in [-0.25, -0.2) is 0 Å². The fourth-order valence-corrected chi connectivity index (χ4v) is 3.65. The lowest BCUT2D eigenvalue weighted by Crippen LogP contribution is -2.46. The molecule has 18 heavy (non-hydrogen) atoms. The third-order valence-electron chi connectivity index (χ3n) is 4.40. The Morgan fingerprint density at radius 2 is 2.28 bits per heavy atom. The van der Waals surface area contributed by atoms with Gasteiger partial charge in [0.2, 0.25) is 0 Å². The number of rotatable bonds is 3. The molecule has 3 atom stereocenters. The van der Waals surface area contributed by atoms with Crippen molar-refractivity contribution >= 4 is 0 Å². The molecule has 3 heteroatoms. The van der Waals surface area contributed by atoms with Crippen molar-refractivity contribution in [3.05, 3.63) is 11.6 Å². The van der Waals surface area contributed by atoms with E-state index < -0.39 is 0 Å². The van der Waals surface area contributed by atoms with Crippen molar-refractivity contribution in [3.63, 3.8) is 0 Å². The molecule has 1 aliphatic heterocycles. The molecular weight excluding hydrogens is 224 g/mol. The highest BCUT2D eigenvalue weighted by atomic mass is 16.3. The van der Waals surface area contributed by atoms with E-state index in [1.165, 1.54) is 24.8 Å². The van der Waals surface area contributed by atoms with Crippen molar-refractivity contribution in [2.75, 3.05) is 32.8 Å². The molecule has 0 radical (unpaired) electrons. The van der Waals surface area contributed by atoms with Crippen LogP contribution in [0.15, 0.2) is 11.6 Å². The Morgan fingerprint density at radius 1 is 1.44 bits per heavy atom. The van der Waals surface area contributed by atoms with Crippen LogP contribution in [0.25, 0.3) is 0 Å². The molecular formula is C15H28N2O. The predicted octanol–water partition coefficient (Wildman–Crippen LogP) is 1.63. The number of hydrogen-bond acceptors (Lipinski definition) is 3. The molecule has 0 spiro atoms. The molecule has 0 aromatic heterocycles. The highest BCUT2D eigenvalue weighted by Gasteiger charge is 2.30. The van der Waals surface area contributed by atoms with Crippen LogP contribution in [0, 0.1) is 11.8 Å². The SMILES string of the molecule is CC1=CC(C)CC(C(CO)N2CCCNCC2)C1. The standard InChI is InChI=1S/C15H28N2O/c1-12-8-13(2)10-14(9-12)15(11-18)17-6-3-4-16-5-7-17/h8,12,14-16,18H,3-7,9-11H2,1-2H3. The first-order valence-corrected chi connectivity index (χ1v) is 7.43. The smallest absolute Gasteiger partial charge is 0.0589 e. The Labute approximate surface area is 111 Å². The number of aliphatic hydroxyl groups excluding tert-OH is 1. The van der Waals surface area contributed by atoms with E-state index in [1.807, 2.05) is 0 Å². The first kappa shape index (κ1) is 14.0. The monoisotopic (exact) mass is 252 g/mol. The summed E-state index contributed by atoms with van der Waals surface area (Å²) in [6, 6.07) is 0.357. The highest BCUT2D eigenvalue weighted by molar-refractivity contribution is 5.08. The van der Waals surface area contributed by atoms with Crippen molar-refractivity contribution in [1.29, 1.82) is 0 Å². The molecule has 1 fully saturated rings. The Bertz CT molecular complexity index is 282. The van der Waals surface area contributed by atoms with Crippen LogP contribution < -0.4 is 5.32 Å². The third-order valence-corrected chi connectivity index (χ3v) is 4.40. The topological polar surface area (TPSA) is 35.5 Å². The largest absolute Gasteiger partial charge is 0.395 e. The first-order valence-electron chi connectivity index (χ1n) is 7.43. The summed E-state index contributed by atoms with van der Waals surface area (Å²) < 4.78 is 0. The number of aliphatic hydroxyl groups is 1. The van der Waals surface area contributed by atoms with E-state index in [1.54, 1.807) is 0 Å². The maximum absolute atomic E-state index is 9.81. The lowest BCUT2D eigenvalue weighted by atomic mass is 9.79. The van der Waals surface area contributed by atoms with Crippen LogP contribution in [-0.2, 0) is 0 Å². The molecule has 2 N–H and O–H groups in total. The molecule has 1 saturated heterocycles. The maximum Gasteiger partial charge on any atom is 0.0589 e. The molecule has 0 bridgehead atoms. The van der Waals surface area contributed by atoms with Crippen LogP contribution in [0.1, 0.15) is 33.1 Å². The van der Waals surface area contributed by atoms with Gasteiger partial charge in [0, 0.05) is 19.1 Å². The summed E-state index contributed by atoms with van der Waals surface area (Å²) in [7, 11) is 0. The van der Waals surface area contributed by atoms with E-state index in [0.29, 0.717) is 24.5 Å². The summed E-state index contributed by atoms with van der Waals surface area (Å²) in [5, 5.41) is 13.3. The Balaban J connectivity index is 2.01. The van der Waals surface area contributed by atoms with Gasteiger partial charge in [-0.15, -0.1) is 0 Å². The van der Waals surface area contributed by atoms with Gasteiger partial charge < -0.3 is 10.4 Å². The summed E-state index contributed by atoms with van der Waals surface area (Å²) in [6.45, 7) is 9.24. The van der Waals surface area contributed by atoms with Crippen LogP contribution in [0.2, 0.25) is 0 Å². The van der Waals surface area contributed by atoms with Crippen LogP contribution in [0.3, 0.4) is 0 Å². The fourth-order valence-electron chi connectivity index (χ4n) is 3.65. The van der Waals surface area contributed by atoms with Crippen LogP contribution in [0.4, 0.5) is 0 Å². The van der Waals surface area contributed by atoms with Gasteiger partial charge in [-0.2, -0.15) is 0 Å². The van der Waals surface area contributed by atoms with Gasteiger partial charge in [0.05, 0.1) is 6.61 Å². The number of hydrogen-bond donors (Lipinski definition) is 2. The Hall–Kier alpha value is -0.380. The number of nitrogens with one attached hydrogen (secondary N) is 1. The summed E-state index contributed by atoms with van der Waals surface area (Å²) in [6.07, 6.45) is 5.99. The average molecular weight is 252 g/mol. The van der Waals surface area contributed by atoms with E-state index in [9.17, 15) is 5.11 Å². The minimum Gasteiger partial charge on any atom is -0.395 e. The highest BCUT2D eigenvalue weighted by Crippen LogP contribution is 2.32. The lowest BCUT2D eigenvalue weighted by Gasteiger charge is -2.38. The van der Waals surface area contributed by atoms with E-state index in [2.05, 4.69) is 30.1 Å². The van der Waals surface area contributed by atoms with Gasteiger partial charge >= 0.3 is 0 Å². The molecule has 3 unspecified atom stereocenters. The molecule has 1 heterocycles. The normalized spacial score (nSPS) is 32.7. The first-order chi connectivity index (χ1) is 8.70. The zero-order chi connectivity index (χ0) is 13.0. The molecule has 2 rings (SSSR count). The third kappa shape index (κ3) is 3.56. The molecule has 1 aliphatic carbocycles. The van der Waals surface area contributed by atoms with Crippen molar-refractivity contribution in [1.82, 2.24) is 10.2 Å². The van der Waals surface area contributed by atoms with E-state index in [0.717, 1.165) is 26.2 Å². The Morgan fingerprint density at radius 3 is 3.00 bits per heavy atom. The number of allylic oxidation sites excluding steroid dienone is 2. The molecule has 0 amide bonds. The maximum atomic E-state index is 9.81. The average Bonchev–Trinajstić information content (AvgIpc) is 2.58. The molecule has 104 valence electrons. The molecule has 0 saturated carbocycles.